The van der Waals surface area contributed by atoms with Gasteiger partial charge in [0, 0.05) is 24.8 Å². The molecular weight excluding hydrogens is 321 g/mol. The number of halogens is 1. The number of ether oxygens (including phenoxy) is 1. The van der Waals surface area contributed by atoms with Gasteiger partial charge in [0.2, 0.25) is 0 Å². The van der Waals surface area contributed by atoms with E-state index in [0.717, 1.165) is 18.5 Å². The van der Waals surface area contributed by atoms with Crippen LogP contribution in [0.1, 0.15) is 12.8 Å². The molecule has 0 bridgehead atoms. The molecular formula is C19H22FN3O2. The van der Waals surface area contributed by atoms with Gasteiger partial charge in [-0.3, -0.25) is 0 Å². The summed E-state index contributed by atoms with van der Waals surface area (Å²) in [7, 11) is 1.57. The van der Waals surface area contributed by atoms with Crippen LogP contribution in [0, 0.1) is 5.82 Å². The summed E-state index contributed by atoms with van der Waals surface area (Å²) in [5.74, 6) is 0.355. The topological polar surface area (TPSA) is 53.6 Å². The van der Waals surface area contributed by atoms with Crippen molar-refractivity contribution in [3.8, 4) is 5.75 Å². The van der Waals surface area contributed by atoms with Crippen LogP contribution in [0.3, 0.4) is 0 Å². The summed E-state index contributed by atoms with van der Waals surface area (Å²) < 4.78 is 18.6. The van der Waals surface area contributed by atoms with Crippen molar-refractivity contribution in [3.05, 3.63) is 54.3 Å². The van der Waals surface area contributed by atoms with Gasteiger partial charge in [-0.05, 0) is 43.2 Å². The number of para-hydroxylation sites is 2. The molecule has 1 atom stereocenters. The van der Waals surface area contributed by atoms with Crippen molar-refractivity contribution >= 4 is 17.4 Å². The number of amides is 2. The lowest BCUT2D eigenvalue weighted by molar-refractivity contribution is 0.196. The van der Waals surface area contributed by atoms with Gasteiger partial charge >= 0.3 is 6.03 Å². The zero-order valence-electron chi connectivity index (χ0n) is 14.2. The smallest absolute Gasteiger partial charge is 0.322 e. The minimum atomic E-state index is -0.272. The Balaban J connectivity index is 1.61. The van der Waals surface area contributed by atoms with Crippen LogP contribution in [0.5, 0.6) is 5.75 Å². The van der Waals surface area contributed by atoms with Crippen LogP contribution in [0.2, 0.25) is 0 Å². The van der Waals surface area contributed by atoms with E-state index in [2.05, 4.69) is 10.6 Å². The van der Waals surface area contributed by atoms with Crippen LogP contribution in [0.25, 0.3) is 0 Å². The first kappa shape index (κ1) is 17.1. The lowest BCUT2D eigenvalue weighted by Crippen LogP contribution is -2.46. The molecule has 2 amide bonds. The Morgan fingerprint density at radius 3 is 2.88 bits per heavy atom. The Hall–Kier alpha value is -2.76. The third-order valence-corrected chi connectivity index (χ3v) is 4.25. The quantitative estimate of drug-likeness (QED) is 0.884. The van der Waals surface area contributed by atoms with Crippen molar-refractivity contribution in [2.75, 3.05) is 30.8 Å². The van der Waals surface area contributed by atoms with E-state index in [1.807, 2.05) is 24.3 Å². The average molecular weight is 343 g/mol. The van der Waals surface area contributed by atoms with Crippen molar-refractivity contribution in [2.24, 2.45) is 0 Å². The highest BCUT2D eigenvalue weighted by atomic mass is 19.1. The molecule has 25 heavy (non-hydrogen) atoms. The first-order valence-electron chi connectivity index (χ1n) is 8.37. The highest BCUT2D eigenvalue weighted by Gasteiger charge is 2.24. The van der Waals surface area contributed by atoms with E-state index in [1.165, 1.54) is 12.1 Å². The molecule has 2 aromatic rings. The van der Waals surface area contributed by atoms with Crippen LogP contribution in [0.15, 0.2) is 48.5 Å². The second-order valence-electron chi connectivity index (χ2n) is 6.07. The Kier molecular flexibility index (Phi) is 5.38. The summed E-state index contributed by atoms with van der Waals surface area (Å²) in [6, 6.07) is 13.6. The highest BCUT2D eigenvalue weighted by Crippen LogP contribution is 2.24. The number of nitrogens with one attached hydrogen (secondary N) is 2. The monoisotopic (exact) mass is 343 g/mol. The third kappa shape index (κ3) is 4.41. The SMILES string of the molecule is COc1ccccc1NC(=O)N1CCC[C@@H](Nc2cccc(F)c2)C1. The number of hydrogen-bond acceptors (Lipinski definition) is 3. The van der Waals surface area contributed by atoms with Crippen LogP contribution in [-0.4, -0.2) is 37.2 Å². The molecule has 0 spiro atoms. The summed E-state index contributed by atoms with van der Waals surface area (Å²) in [6.45, 7) is 1.26. The minimum Gasteiger partial charge on any atom is -0.495 e. The molecule has 1 heterocycles. The second-order valence-corrected chi connectivity index (χ2v) is 6.07. The number of nitrogens with zero attached hydrogens (tertiary/aromatic N) is 1. The molecule has 1 aliphatic rings. The minimum absolute atomic E-state index is 0.0963. The molecule has 0 aromatic heterocycles. The largest absolute Gasteiger partial charge is 0.495 e. The lowest BCUT2D eigenvalue weighted by Gasteiger charge is -2.33. The first-order chi connectivity index (χ1) is 12.2. The van der Waals surface area contributed by atoms with Gasteiger partial charge in [-0.15, -0.1) is 0 Å². The summed E-state index contributed by atoms with van der Waals surface area (Å²) in [6.07, 6.45) is 1.83. The molecule has 2 N–H and O–H groups in total. The molecule has 3 rings (SSSR count). The predicted molar refractivity (Wildman–Crippen MR) is 96.6 cm³/mol. The number of urea groups is 1. The Bertz CT molecular complexity index is 738. The molecule has 0 radical (unpaired) electrons. The summed E-state index contributed by atoms with van der Waals surface area (Å²) in [5.41, 5.74) is 1.38. The number of hydrogen-bond donors (Lipinski definition) is 2. The molecule has 0 unspecified atom stereocenters. The van der Waals surface area contributed by atoms with Crippen LogP contribution in [0.4, 0.5) is 20.6 Å². The van der Waals surface area contributed by atoms with E-state index in [0.29, 0.717) is 24.5 Å². The first-order valence-corrected chi connectivity index (χ1v) is 8.37. The molecule has 1 aliphatic heterocycles. The van der Waals surface area contributed by atoms with E-state index in [4.69, 9.17) is 4.74 Å². The maximum atomic E-state index is 13.3. The van der Waals surface area contributed by atoms with Crippen molar-refractivity contribution in [1.29, 1.82) is 0 Å². The standard InChI is InChI=1S/C19H22FN3O2/c1-25-18-10-3-2-9-17(18)22-19(24)23-11-5-8-16(13-23)21-15-7-4-6-14(20)12-15/h2-4,6-7,9-10,12,16,21H,5,8,11,13H2,1H3,(H,22,24)/t16-/m1/s1. The van der Waals surface area contributed by atoms with Crippen molar-refractivity contribution in [1.82, 2.24) is 4.90 Å². The van der Waals surface area contributed by atoms with Crippen LogP contribution >= 0.6 is 0 Å². The van der Waals surface area contributed by atoms with Crippen molar-refractivity contribution < 1.29 is 13.9 Å². The van der Waals surface area contributed by atoms with Crippen molar-refractivity contribution in [2.45, 2.75) is 18.9 Å². The molecule has 0 aliphatic carbocycles. The van der Waals surface area contributed by atoms with Crippen LogP contribution in [-0.2, 0) is 0 Å². The summed E-state index contributed by atoms with van der Waals surface area (Å²) in [5, 5.41) is 6.21. The second kappa shape index (κ2) is 7.88. The number of methoxy groups -OCH3 is 1. The fourth-order valence-electron chi connectivity index (χ4n) is 3.04. The van der Waals surface area contributed by atoms with Gasteiger partial charge < -0.3 is 20.3 Å². The molecule has 132 valence electrons. The zero-order valence-corrected chi connectivity index (χ0v) is 14.2. The number of carbonyl (C=O) groups is 1. The predicted octanol–water partition coefficient (Wildman–Crippen LogP) is 3.94. The van der Waals surface area contributed by atoms with Crippen molar-refractivity contribution in [3.63, 3.8) is 0 Å². The number of carbonyl (C=O) groups excluding carboxylic acids is 1. The normalized spacial score (nSPS) is 17.0. The number of piperidine rings is 1. The Morgan fingerprint density at radius 2 is 2.08 bits per heavy atom. The molecule has 0 saturated carbocycles. The van der Waals surface area contributed by atoms with E-state index in [9.17, 15) is 9.18 Å². The number of likely N-dealkylation sites (tertiary alicyclic amines) is 1. The molecule has 2 aromatic carbocycles. The Labute approximate surface area is 146 Å². The number of rotatable bonds is 4. The van der Waals surface area contributed by atoms with Gasteiger partial charge in [0.15, 0.2) is 0 Å². The summed E-state index contributed by atoms with van der Waals surface area (Å²) >= 11 is 0. The maximum Gasteiger partial charge on any atom is 0.322 e. The molecule has 1 fully saturated rings. The van der Waals surface area contributed by atoms with Gasteiger partial charge in [-0.2, -0.15) is 0 Å². The van der Waals surface area contributed by atoms with E-state index in [-0.39, 0.29) is 17.9 Å². The third-order valence-electron chi connectivity index (χ3n) is 4.25. The molecule has 6 heteroatoms. The molecule has 5 nitrogen and oxygen atoms in total. The Morgan fingerprint density at radius 1 is 1.24 bits per heavy atom. The number of anilines is 2. The number of benzene rings is 2. The lowest BCUT2D eigenvalue weighted by atomic mass is 10.1. The van der Waals surface area contributed by atoms with Gasteiger partial charge in [-0.25, -0.2) is 9.18 Å². The fourth-order valence-corrected chi connectivity index (χ4v) is 3.04. The average Bonchev–Trinajstić information content (AvgIpc) is 2.62. The van der Waals surface area contributed by atoms with Gasteiger partial charge in [0.1, 0.15) is 11.6 Å². The highest BCUT2D eigenvalue weighted by molar-refractivity contribution is 5.91. The van der Waals surface area contributed by atoms with Gasteiger partial charge in [0.05, 0.1) is 12.8 Å². The van der Waals surface area contributed by atoms with E-state index >= 15 is 0 Å². The molecule has 1 saturated heterocycles. The zero-order chi connectivity index (χ0) is 17.6. The maximum absolute atomic E-state index is 13.3. The van der Waals surface area contributed by atoms with Gasteiger partial charge in [-0.1, -0.05) is 18.2 Å². The fraction of sp³-hybridized carbons (Fsp3) is 0.316. The van der Waals surface area contributed by atoms with Gasteiger partial charge in [0.25, 0.3) is 0 Å². The van der Waals surface area contributed by atoms with E-state index in [1.54, 1.807) is 24.1 Å². The van der Waals surface area contributed by atoms with Crippen LogP contribution < -0.4 is 15.4 Å². The summed E-state index contributed by atoms with van der Waals surface area (Å²) in [4.78, 5) is 14.3. The van der Waals surface area contributed by atoms with E-state index < -0.39 is 0 Å².